The first-order valence-electron chi connectivity index (χ1n) is 4.17. The molecule has 13 heavy (non-hydrogen) atoms. The van der Waals surface area contributed by atoms with E-state index in [2.05, 4.69) is 0 Å². The third-order valence-corrected chi connectivity index (χ3v) is 3.83. The normalized spacial score (nSPS) is 10.8. The maximum absolute atomic E-state index is 5.91. The standard InChI is InChI=1S/C6H15ClO3Si.ClH3Si/c1-4-8-11(7,9-5-2)10-6-3;1-2/h4-6H2,1-3H3;2H3. The van der Waals surface area contributed by atoms with Gasteiger partial charge >= 0.3 is 8.11 Å². The molecule has 0 rings (SSSR count). The van der Waals surface area contributed by atoms with Crippen LogP contribution in [0.25, 0.3) is 0 Å². The summed E-state index contributed by atoms with van der Waals surface area (Å²) in [6, 6.07) is 0. The second-order valence-electron chi connectivity index (χ2n) is 1.78. The van der Waals surface area contributed by atoms with Crippen LogP contribution in [-0.4, -0.2) is 37.5 Å². The van der Waals surface area contributed by atoms with Crippen molar-refractivity contribution >= 4 is 39.8 Å². The molecule has 7 heteroatoms. The van der Waals surface area contributed by atoms with Gasteiger partial charge in [-0.15, -0.1) is 0 Å². The van der Waals surface area contributed by atoms with Gasteiger partial charge in [-0.3, -0.25) is 0 Å². The summed E-state index contributed by atoms with van der Waals surface area (Å²) < 4.78 is 15.5. The summed E-state index contributed by atoms with van der Waals surface area (Å²) in [6.45, 7) is 7.16. The number of halogens is 2. The first-order chi connectivity index (χ1) is 6.18. The minimum atomic E-state index is -2.78. The van der Waals surface area contributed by atoms with Crippen molar-refractivity contribution in [2.75, 3.05) is 19.8 Å². The van der Waals surface area contributed by atoms with Crippen molar-refractivity contribution < 1.29 is 13.3 Å². The molecule has 0 heterocycles. The summed E-state index contributed by atoms with van der Waals surface area (Å²) in [5.74, 6) is 0. The van der Waals surface area contributed by atoms with Crippen LogP contribution in [0.15, 0.2) is 0 Å². The molecule has 0 saturated heterocycles. The van der Waals surface area contributed by atoms with Crippen molar-refractivity contribution in [2.24, 2.45) is 0 Å². The van der Waals surface area contributed by atoms with Gasteiger partial charge in [0, 0.05) is 19.8 Å². The van der Waals surface area contributed by atoms with E-state index >= 15 is 0 Å². The Labute approximate surface area is 93.8 Å². The predicted molar refractivity (Wildman–Crippen MR) is 62.3 cm³/mol. The topological polar surface area (TPSA) is 27.7 Å². The fourth-order valence-corrected chi connectivity index (χ4v) is 2.91. The van der Waals surface area contributed by atoms with Crippen LogP contribution in [0.2, 0.25) is 0 Å². The van der Waals surface area contributed by atoms with Crippen molar-refractivity contribution in [3.8, 4) is 0 Å². The minimum Gasteiger partial charge on any atom is -0.362 e. The molecular formula is C6H18Cl2O3Si2. The molecule has 0 aliphatic carbocycles. The average molecular weight is 265 g/mol. The van der Waals surface area contributed by atoms with Gasteiger partial charge in [-0.25, -0.2) is 0 Å². The molecule has 0 aromatic rings. The van der Waals surface area contributed by atoms with Crippen molar-refractivity contribution in [1.82, 2.24) is 0 Å². The summed E-state index contributed by atoms with van der Waals surface area (Å²) in [5.41, 5.74) is 0. The maximum Gasteiger partial charge on any atom is 0.613 e. The third kappa shape index (κ3) is 9.20. The molecule has 0 amide bonds. The minimum absolute atomic E-state index is 0.524. The van der Waals surface area contributed by atoms with Gasteiger partial charge in [0.2, 0.25) is 0 Å². The van der Waals surface area contributed by atoms with E-state index in [9.17, 15) is 0 Å². The second-order valence-corrected chi connectivity index (χ2v) is 5.00. The van der Waals surface area contributed by atoms with E-state index in [0.717, 1.165) is 9.55 Å². The summed E-state index contributed by atoms with van der Waals surface area (Å²) in [7, 11) is -2.00. The molecule has 0 aromatic carbocycles. The molecule has 0 aliphatic heterocycles. The van der Waals surface area contributed by atoms with Crippen LogP contribution in [-0.2, 0) is 13.3 Å². The van der Waals surface area contributed by atoms with Gasteiger partial charge in [-0.2, -0.15) is 11.1 Å². The van der Waals surface area contributed by atoms with E-state index in [-0.39, 0.29) is 0 Å². The lowest BCUT2D eigenvalue weighted by Crippen LogP contribution is -2.40. The predicted octanol–water partition coefficient (Wildman–Crippen LogP) is 1.28. The van der Waals surface area contributed by atoms with E-state index in [1.165, 1.54) is 0 Å². The molecule has 0 saturated carbocycles. The molecule has 0 aliphatic rings. The van der Waals surface area contributed by atoms with E-state index in [1.807, 2.05) is 20.8 Å². The molecule has 0 bridgehead atoms. The first-order valence-corrected chi connectivity index (χ1v) is 9.93. The summed E-state index contributed by atoms with van der Waals surface area (Å²) in [5, 5.41) is 0. The highest BCUT2D eigenvalue weighted by atomic mass is 35.6. The Bertz CT molecular complexity index is 90.9. The average Bonchev–Trinajstić information content (AvgIpc) is 2.09. The number of rotatable bonds is 6. The lowest BCUT2D eigenvalue weighted by atomic mass is 10.9. The molecule has 0 N–H and O–H groups in total. The van der Waals surface area contributed by atoms with Crippen molar-refractivity contribution in [2.45, 2.75) is 20.8 Å². The zero-order valence-electron chi connectivity index (χ0n) is 8.60. The van der Waals surface area contributed by atoms with Gasteiger partial charge in [-0.1, -0.05) is 11.1 Å². The van der Waals surface area contributed by atoms with Gasteiger partial charge in [0.15, 0.2) is 0 Å². The van der Waals surface area contributed by atoms with E-state index in [0.29, 0.717) is 19.8 Å². The monoisotopic (exact) mass is 264 g/mol. The Morgan fingerprint density at radius 3 is 1.31 bits per heavy atom. The van der Waals surface area contributed by atoms with Crippen molar-refractivity contribution in [3.63, 3.8) is 0 Å². The molecule has 0 aromatic heterocycles. The second kappa shape index (κ2) is 11.0. The quantitative estimate of drug-likeness (QED) is 0.535. The zero-order valence-corrected chi connectivity index (χ0v) is 13.1. The van der Waals surface area contributed by atoms with Gasteiger partial charge in [0.25, 0.3) is 0 Å². The molecule has 0 atom stereocenters. The van der Waals surface area contributed by atoms with Crippen LogP contribution < -0.4 is 0 Å². The van der Waals surface area contributed by atoms with Crippen LogP contribution in [0.4, 0.5) is 0 Å². The van der Waals surface area contributed by atoms with Crippen molar-refractivity contribution in [3.05, 3.63) is 0 Å². The van der Waals surface area contributed by atoms with Gasteiger partial charge in [0.1, 0.15) is 9.55 Å². The van der Waals surface area contributed by atoms with Gasteiger partial charge in [-0.05, 0) is 20.8 Å². The smallest absolute Gasteiger partial charge is 0.362 e. The van der Waals surface area contributed by atoms with Crippen LogP contribution in [0.3, 0.4) is 0 Å². The lowest BCUT2D eigenvalue weighted by molar-refractivity contribution is 0.0943. The maximum atomic E-state index is 5.91. The number of hydrogen-bond acceptors (Lipinski definition) is 3. The molecule has 0 spiro atoms. The largest absolute Gasteiger partial charge is 0.613 e. The molecular weight excluding hydrogens is 247 g/mol. The first kappa shape index (κ1) is 16.3. The summed E-state index contributed by atoms with van der Waals surface area (Å²) in [6.07, 6.45) is 0. The Morgan fingerprint density at radius 1 is 0.923 bits per heavy atom. The van der Waals surface area contributed by atoms with Crippen LogP contribution in [0.5, 0.6) is 0 Å². The third-order valence-electron chi connectivity index (χ3n) is 0.950. The number of hydrogen-bond donors (Lipinski definition) is 0. The van der Waals surface area contributed by atoms with E-state index < -0.39 is 8.11 Å². The SMILES string of the molecule is CCO[Si](Cl)(OCC)OCC.[SiH3]Cl. The fraction of sp³-hybridized carbons (Fsp3) is 1.00. The van der Waals surface area contributed by atoms with Crippen LogP contribution in [0.1, 0.15) is 20.8 Å². The highest BCUT2D eigenvalue weighted by Gasteiger charge is 2.38. The summed E-state index contributed by atoms with van der Waals surface area (Å²) in [4.78, 5) is 0. The molecule has 82 valence electrons. The van der Waals surface area contributed by atoms with Crippen molar-refractivity contribution in [1.29, 1.82) is 0 Å². The van der Waals surface area contributed by atoms with E-state index in [1.54, 1.807) is 0 Å². The Kier molecular flexibility index (Phi) is 13.8. The molecule has 0 fully saturated rings. The lowest BCUT2D eigenvalue weighted by Gasteiger charge is -2.20. The Balaban J connectivity index is 0. The summed E-state index contributed by atoms with van der Waals surface area (Å²) >= 11 is 10.7. The highest BCUT2D eigenvalue weighted by molar-refractivity contribution is 7.09. The van der Waals surface area contributed by atoms with Crippen LogP contribution in [0, 0.1) is 0 Å². The van der Waals surface area contributed by atoms with Gasteiger partial charge in [0.05, 0.1) is 0 Å². The highest BCUT2D eigenvalue weighted by Crippen LogP contribution is 2.14. The zero-order chi connectivity index (χ0) is 10.7. The van der Waals surface area contributed by atoms with E-state index in [4.69, 9.17) is 35.4 Å². The molecule has 0 unspecified atom stereocenters. The van der Waals surface area contributed by atoms with Gasteiger partial charge < -0.3 is 13.3 Å². The molecule has 0 radical (unpaired) electrons. The Hall–Kier alpha value is 0.894. The molecule has 3 nitrogen and oxygen atoms in total. The van der Waals surface area contributed by atoms with Crippen LogP contribution >= 0.6 is 22.2 Å². The Morgan fingerprint density at radius 2 is 1.15 bits per heavy atom. The fourth-order valence-electron chi connectivity index (χ4n) is 0.642.